The molecule has 2 aromatic rings. The van der Waals surface area contributed by atoms with Crippen molar-refractivity contribution < 1.29 is 4.74 Å². The zero-order valence-electron chi connectivity index (χ0n) is 7.55. The van der Waals surface area contributed by atoms with Crippen LogP contribution < -0.4 is 0 Å². The van der Waals surface area contributed by atoms with Crippen LogP contribution in [0.15, 0.2) is 19.7 Å². The number of hydrogen-bond acceptors (Lipinski definition) is 3. The van der Waals surface area contributed by atoms with E-state index in [4.69, 9.17) is 4.74 Å². The highest BCUT2D eigenvalue weighted by molar-refractivity contribution is 9.11. The number of fused-ring (bicyclic) bond motifs is 3. The van der Waals surface area contributed by atoms with Gasteiger partial charge in [-0.25, -0.2) is 0 Å². The van der Waals surface area contributed by atoms with Gasteiger partial charge in [-0.3, -0.25) is 0 Å². The highest BCUT2D eigenvalue weighted by Crippen LogP contribution is 2.46. The molecule has 15 heavy (non-hydrogen) atoms. The molecule has 0 unspecified atom stereocenters. The van der Waals surface area contributed by atoms with Crippen molar-refractivity contribution in [3.8, 4) is 11.1 Å². The lowest BCUT2D eigenvalue weighted by Crippen LogP contribution is -1.85. The standard InChI is InChI=1S/C10H6Br2OS2/c11-5-3-14-7-1-13-2-8-10(9(5)7)6(12)4-15-8/h3-4H,1-2H2. The predicted octanol–water partition coefficient (Wildman–Crippen LogP) is 5.03. The molecule has 1 nitrogen and oxygen atoms in total. The summed E-state index contributed by atoms with van der Waals surface area (Å²) in [6.07, 6.45) is 0. The molecular weight excluding hydrogens is 360 g/mol. The molecule has 0 bridgehead atoms. The van der Waals surface area contributed by atoms with Gasteiger partial charge < -0.3 is 4.74 Å². The molecule has 0 aliphatic carbocycles. The Balaban J connectivity index is 2.33. The van der Waals surface area contributed by atoms with Gasteiger partial charge in [0.25, 0.3) is 0 Å². The lowest BCUT2D eigenvalue weighted by molar-refractivity contribution is 0.113. The largest absolute Gasteiger partial charge is 0.370 e. The molecule has 1 aliphatic rings. The van der Waals surface area contributed by atoms with Crippen LogP contribution in [0.2, 0.25) is 0 Å². The average Bonchev–Trinajstić information content (AvgIpc) is 2.68. The van der Waals surface area contributed by atoms with Gasteiger partial charge in [-0.2, -0.15) is 0 Å². The first-order valence-electron chi connectivity index (χ1n) is 4.37. The van der Waals surface area contributed by atoms with E-state index in [0.29, 0.717) is 0 Å². The molecule has 1 aliphatic heterocycles. The van der Waals surface area contributed by atoms with Crippen molar-refractivity contribution in [1.82, 2.24) is 0 Å². The summed E-state index contributed by atoms with van der Waals surface area (Å²) in [4.78, 5) is 2.61. The molecule has 3 rings (SSSR count). The number of thiophene rings is 2. The van der Waals surface area contributed by atoms with E-state index in [1.54, 1.807) is 22.7 Å². The molecule has 5 heteroatoms. The maximum absolute atomic E-state index is 5.65. The Morgan fingerprint density at radius 3 is 1.87 bits per heavy atom. The van der Waals surface area contributed by atoms with E-state index >= 15 is 0 Å². The Labute approximate surface area is 112 Å². The van der Waals surface area contributed by atoms with Gasteiger partial charge in [0, 0.05) is 40.6 Å². The quantitative estimate of drug-likeness (QED) is 0.636. The number of ether oxygens (including phenoxy) is 1. The third-order valence-electron chi connectivity index (χ3n) is 2.36. The van der Waals surface area contributed by atoms with Crippen molar-refractivity contribution in [2.45, 2.75) is 13.2 Å². The maximum Gasteiger partial charge on any atom is 0.0821 e. The van der Waals surface area contributed by atoms with Crippen molar-refractivity contribution in [3.63, 3.8) is 0 Å². The van der Waals surface area contributed by atoms with Gasteiger partial charge in [0.15, 0.2) is 0 Å². The summed E-state index contributed by atoms with van der Waals surface area (Å²) in [5, 5.41) is 4.26. The molecule has 0 fully saturated rings. The second-order valence-electron chi connectivity index (χ2n) is 3.26. The van der Waals surface area contributed by atoms with Crippen molar-refractivity contribution in [2.24, 2.45) is 0 Å². The Morgan fingerprint density at radius 2 is 1.40 bits per heavy atom. The Hall–Kier alpha value is 0.320. The van der Waals surface area contributed by atoms with Gasteiger partial charge in [0.05, 0.1) is 13.2 Å². The molecule has 0 saturated heterocycles. The highest BCUT2D eigenvalue weighted by Gasteiger charge is 2.22. The van der Waals surface area contributed by atoms with Crippen LogP contribution >= 0.6 is 54.5 Å². The SMILES string of the molecule is Brc1csc2c1-c1c(Br)csc1COC2. The lowest BCUT2D eigenvalue weighted by Gasteiger charge is -2.00. The van der Waals surface area contributed by atoms with Crippen LogP contribution in [0.25, 0.3) is 11.1 Å². The van der Waals surface area contributed by atoms with E-state index in [9.17, 15) is 0 Å². The van der Waals surface area contributed by atoms with Gasteiger partial charge in [0.2, 0.25) is 0 Å². The monoisotopic (exact) mass is 364 g/mol. The summed E-state index contributed by atoms with van der Waals surface area (Å²) in [6.45, 7) is 1.44. The zero-order valence-corrected chi connectivity index (χ0v) is 12.4. The van der Waals surface area contributed by atoms with Crippen molar-refractivity contribution in [1.29, 1.82) is 0 Å². The first-order chi connectivity index (χ1) is 7.27. The molecule has 0 aromatic carbocycles. The lowest BCUT2D eigenvalue weighted by atomic mass is 10.1. The summed E-state index contributed by atoms with van der Waals surface area (Å²) >= 11 is 10.7. The van der Waals surface area contributed by atoms with Gasteiger partial charge >= 0.3 is 0 Å². The summed E-state index contributed by atoms with van der Waals surface area (Å²) < 4.78 is 8.00. The topological polar surface area (TPSA) is 9.23 Å². The first-order valence-corrected chi connectivity index (χ1v) is 7.71. The third kappa shape index (κ3) is 1.65. The molecule has 0 spiro atoms. The minimum absolute atomic E-state index is 0.722. The van der Waals surface area contributed by atoms with Crippen LogP contribution in [0, 0.1) is 0 Å². The van der Waals surface area contributed by atoms with Crippen LogP contribution in [-0.4, -0.2) is 0 Å². The van der Waals surface area contributed by atoms with E-state index < -0.39 is 0 Å². The van der Waals surface area contributed by atoms with E-state index in [2.05, 4.69) is 42.6 Å². The van der Waals surface area contributed by atoms with Crippen molar-refractivity contribution in [3.05, 3.63) is 29.5 Å². The van der Waals surface area contributed by atoms with Crippen molar-refractivity contribution in [2.75, 3.05) is 0 Å². The minimum Gasteiger partial charge on any atom is -0.370 e. The predicted molar refractivity (Wildman–Crippen MR) is 71.5 cm³/mol. The molecule has 0 atom stereocenters. The van der Waals surface area contributed by atoms with Crippen LogP contribution in [0.3, 0.4) is 0 Å². The third-order valence-corrected chi connectivity index (χ3v) is 6.14. The zero-order chi connectivity index (χ0) is 10.4. The summed E-state index contributed by atoms with van der Waals surface area (Å²) in [6, 6.07) is 0. The second-order valence-corrected chi connectivity index (χ2v) is 6.89. The van der Waals surface area contributed by atoms with Crippen LogP contribution in [0.1, 0.15) is 9.75 Å². The molecular formula is C10H6Br2OS2. The number of rotatable bonds is 0. The molecule has 78 valence electrons. The number of hydrogen-bond donors (Lipinski definition) is 0. The Morgan fingerprint density at radius 1 is 0.933 bits per heavy atom. The van der Waals surface area contributed by atoms with E-state index in [0.717, 1.165) is 13.2 Å². The van der Waals surface area contributed by atoms with Gasteiger partial charge in [-0.1, -0.05) is 0 Å². The Bertz CT molecular complexity index is 469. The molecule has 3 heterocycles. The fraction of sp³-hybridized carbons (Fsp3) is 0.200. The molecule has 0 amide bonds. The normalized spacial score (nSPS) is 14.5. The fourth-order valence-corrected chi connectivity index (χ4v) is 5.10. The van der Waals surface area contributed by atoms with Crippen molar-refractivity contribution >= 4 is 54.5 Å². The smallest absolute Gasteiger partial charge is 0.0821 e. The van der Waals surface area contributed by atoms with E-state index in [1.807, 2.05) is 0 Å². The molecule has 0 saturated carbocycles. The maximum atomic E-state index is 5.65. The minimum atomic E-state index is 0.722. The fourth-order valence-electron chi connectivity index (χ4n) is 1.71. The van der Waals surface area contributed by atoms with E-state index in [-0.39, 0.29) is 0 Å². The van der Waals surface area contributed by atoms with Crippen LogP contribution in [-0.2, 0) is 18.0 Å². The first kappa shape index (κ1) is 10.5. The summed E-state index contributed by atoms with van der Waals surface area (Å²) in [5.41, 5.74) is 2.61. The van der Waals surface area contributed by atoms with Gasteiger partial charge in [-0.05, 0) is 31.9 Å². The molecule has 0 radical (unpaired) electrons. The van der Waals surface area contributed by atoms with Gasteiger partial charge in [-0.15, -0.1) is 22.7 Å². The summed E-state index contributed by atoms with van der Waals surface area (Å²) in [5.74, 6) is 0. The number of halogens is 2. The van der Waals surface area contributed by atoms with Gasteiger partial charge in [0.1, 0.15) is 0 Å². The Kier molecular flexibility index (Phi) is 2.77. The second kappa shape index (κ2) is 3.96. The highest BCUT2D eigenvalue weighted by atomic mass is 79.9. The average molecular weight is 366 g/mol. The molecule has 2 aromatic heterocycles. The molecule has 0 N–H and O–H groups in total. The van der Waals surface area contributed by atoms with E-state index in [1.165, 1.54) is 29.8 Å². The summed E-state index contributed by atoms with van der Waals surface area (Å²) in [7, 11) is 0. The van der Waals surface area contributed by atoms with Crippen LogP contribution in [0.5, 0.6) is 0 Å². The van der Waals surface area contributed by atoms with Crippen LogP contribution in [0.4, 0.5) is 0 Å².